The van der Waals surface area contributed by atoms with Gasteiger partial charge in [-0.2, -0.15) is 5.10 Å². The van der Waals surface area contributed by atoms with E-state index in [9.17, 15) is 13.2 Å². The minimum atomic E-state index is -4.04. The van der Waals surface area contributed by atoms with Crippen molar-refractivity contribution < 1.29 is 22.6 Å². The molecule has 9 nitrogen and oxygen atoms in total. The molecule has 0 amide bonds. The SMILES string of the molecule is CCn1nc(-c2ccc(OC)c(S(=O)(=O)Nc3ccc(OC)c(OC)c3)c2)c2c(c1=O)CCCC2. The topological polar surface area (TPSA) is 109 Å². The van der Waals surface area contributed by atoms with Gasteiger partial charge in [0.05, 0.1) is 32.7 Å². The zero-order valence-corrected chi connectivity index (χ0v) is 21.1. The molecule has 2 aromatic carbocycles. The number of sulfonamides is 1. The molecule has 1 aromatic heterocycles. The number of benzene rings is 2. The fourth-order valence-electron chi connectivity index (χ4n) is 4.38. The molecule has 1 aliphatic rings. The number of ether oxygens (including phenoxy) is 3. The van der Waals surface area contributed by atoms with Crippen LogP contribution in [0.15, 0.2) is 46.1 Å². The Bertz CT molecular complexity index is 1420. The summed E-state index contributed by atoms with van der Waals surface area (Å²) in [4.78, 5) is 12.8. The number of hydrogen-bond donors (Lipinski definition) is 1. The molecule has 0 fully saturated rings. The predicted molar refractivity (Wildman–Crippen MR) is 133 cm³/mol. The number of nitrogens with one attached hydrogen (secondary N) is 1. The number of hydrogen-bond acceptors (Lipinski definition) is 7. The van der Waals surface area contributed by atoms with E-state index in [-0.39, 0.29) is 16.2 Å². The van der Waals surface area contributed by atoms with Crippen LogP contribution in [0.1, 0.15) is 30.9 Å². The zero-order chi connectivity index (χ0) is 25.2. The fourth-order valence-corrected chi connectivity index (χ4v) is 5.62. The molecule has 0 saturated heterocycles. The molecule has 1 heterocycles. The lowest BCUT2D eigenvalue weighted by atomic mass is 9.90. The van der Waals surface area contributed by atoms with Crippen molar-refractivity contribution in [3.63, 3.8) is 0 Å². The first kappa shape index (κ1) is 24.6. The van der Waals surface area contributed by atoms with E-state index < -0.39 is 10.0 Å². The van der Waals surface area contributed by atoms with Crippen LogP contribution in [0.2, 0.25) is 0 Å². The van der Waals surface area contributed by atoms with E-state index in [0.29, 0.717) is 41.4 Å². The summed E-state index contributed by atoms with van der Waals surface area (Å²) in [5, 5.41) is 4.60. The highest BCUT2D eigenvalue weighted by Crippen LogP contribution is 2.35. The molecule has 0 saturated carbocycles. The van der Waals surface area contributed by atoms with Crippen molar-refractivity contribution in [2.45, 2.75) is 44.0 Å². The molecule has 0 radical (unpaired) electrons. The second-order valence-corrected chi connectivity index (χ2v) is 9.83. The van der Waals surface area contributed by atoms with Gasteiger partial charge in [-0.3, -0.25) is 9.52 Å². The smallest absolute Gasteiger partial charge is 0.270 e. The Balaban J connectivity index is 1.81. The summed E-state index contributed by atoms with van der Waals surface area (Å²) in [6, 6.07) is 9.68. The first-order valence-corrected chi connectivity index (χ1v) is 12.9. The van der Waals surface area contributed by atoms with Gasteiger partial charge in [-0.15, -0.1) is 0 Å². The Morgan fingerprint density at radius 2 is 1.57 bits per heavy atom. The van der Waals surface area contributed by atoms with Gasteiger partial charge in [0.1, 0.15) is 10.6 Å². The van der Waals surface area contributed by atoms with Gasteiger partial charge in [0, 0.05) is 23.7 Å². The van der Waals surface area contributed by atoms with Crippen molar-refractivity contribution in [1.82, 2.24) is 9.78 Å². The maximum Gasteiger partial charge on any atom is 0.270 e. The lowest BCUT2D eigenvalue weighted by Crippen LogP contribution is -2.30. The average Bonchev–Trinajstić information content (AvgIpc) is 2.88. The van der Waals surface area contributed by atoms with Gasteiger partial charge in [-0.1, -0.05) is 0 Å². The van der Waals surface area contributed by atoms with Crippen molar-refractivity contribution >= 4 is 15.7 Å². The zero-order valence-electron chi connectivity index (χ0n) is 20.3. The molecular formula is C25H29N3O6S. The summed E-state index contributed by atoms with van der Waals surface area (Å²) < 4.78 is 46.8. The second-order valence-electron chi connectivity index (χ2n) is 8.17. The lowest BCUT2D eigenvalue weighted by Gasteiger charge is -2.20. The second kappa shape index (κ2) is 9.99. The van der Waals surface area contributed by atoms with E-state index in [1.807, 2.05) is 6.92 Å². The Kier molecular flexibility index (Phi) is 7.02. The van der Waals surface area contributed by atoms with Crippen LogP contribution in [0, 0.1) is 0 Å². The number of aryl methyl sites for hydroxylation is 1. The Hall–Kier alpha value is -3.53. The van der Waals surface area contributed by atoms with Crippen molar-refractivity contribution in [3.05, 3.63) is 57.9 Å². The number of rotatable bonds is 8. The molecular weight excluding hydrogens is 470 g/mol. The summed E-state index contributed by atoms with van der Waals surface area (Å²) in [5.41, 5.74) is 3.15. The van der Waals surface area contributed by atoms with Gasteiger partial charge in [0.2, 0.25) is 0 Å². The third-order valence-corrected chi connectivity index (χ3v) is 7.53. The number of methoxy groups -OCH3 is 3. The predicted octanol–water partition coefficient (Wildman–Crippen LogP) is 3.64. The molecule has 0 spiro atoms. The molecule has 1 N–H and O–H groups in total. The highest BCUT2D eigenvalue weighted by Gasteiger charge is 2.25. The molecule has 3 aromatic rings. The third-order valence-electron chi connectivity index (χ3n) is 6.13. The molecule has 1 aliphatic carbocycles. The number of anilines is 1. The first-order chi connectivity index (χ1) is 16.8. The first-order valence-electron chi connectivity index (χ1n) is 11.4. The average molecular weight is 500 g/mol. The largest absolute Gasteiger partial charge is 0.495 e. The Labute approximate surface area is 204 Å². The maximum absolute atomic E-state index is 13.4. The highest BCUT2D eigenvalue weighted by molar-refractivity contribution is 7.92. The molecule has 0 atom stereocenters. The molecule has 186 valence electrons. The van der Waals surface area contributed by atoms with Crippen LogP contribution in [0.4, 0.5) is 5.69 Å². The summed E-state index contributed by atoms with van der Waals surface area (Å²) in [6.07, 6.45) is 3.34. The molecule has 0 bridgehead atoms. The Morgan fingerprint density at radius 1 is 0.914 bits per heavy atom. The van der Waals surface area contributed by atoms with Crippen molar-refractivity contribution in [2.24, 2.45) is 0 Å². The summed E-state index contributed by atoms with van der Waals surface area (Å²) >= 11 is 0. The van der Waals surface area contributed by atoms with Gasteiger partial charge in [0.25, 0.3) is 15.6 Å². The number of aromatic nitrogens is 2. The van der Waals surface area contributed by atoms with Crippen molar-refractivity contribution in [2.75, 3.05) is 26.1 Å². The maximum atomic E-state index is 13.4. The van der Waals surface area contributed by atoms with Crippen LogP contribution in [0.5, 0.6) is 17.2 Å². The third kappa shape index (κ3) is 4.70. The standard InChI is InChI=1S/C25H29N3O6S/c1-5-28-25(29)19-9-7-6-8-18(19)24(26-28)16-10-12-21(33-3)23(14-16)35(30,31)27-17-11-13-20(32-2)22(15-17)34-4/h10-15,27H,5-9H2,1-4H3. The summed E-state index contributed by atoms with van der Waals surface area (Å²) in [6.45, 7) is 2.30. The molecule has 4 rings (SSSR count). The van der Waals surface area contributed by atoms with Gasteiger partial charge in [0.15, 0.2) is 11.5 Å². The van der Waals surface area contributed by atoms with E-state index >= 15 is 0 Å². The van der Waals surface area contributed by atoms with Crippen LogP contribution < -0.4 is 24.5 Å². The van der Waals surface area contributed by atoms with Crippen LogP contribution >= 0.6 is 0 Å². The van der Waals surface area contributed by atoms with Gasteiger partial charge in [-0.25, -0.2) is 13.1 Å². The minimum absolute atomic E-state index is 0.0344. The van der Waals surface area contributed by atoms with E-state index in [1.165, 1.54) is 26.0 Å². The van der Waals surface area contributed by atoms with Crippen LogP contribution in [0.3, 0.4) is 0 Å². The molecule has 0 aliphatic heterocycles. The minimum Gasteiger partial charge on any atom is -0.495 e. The Morgan fingerprint density at radius 3 is 2.23 bits per heavy atom. The van der Waals surface area contributed by atoms with E-state index in [2.05, 4.69) is 9.82 Å². The monoisotopic (exact) mass is 499 g/mol. The van der Waals surface area contributed by atoms with E-state index in [0.717, 1.165) is 30.4 Å². The number of nitrogens with zero attached hydrogens (tertiary/aromatic N) is 2. The van der Waals surface area contributed by atoms with Crippen LogP contribution in [-0.2, 0) is 29.4 Å². The van der Waals surface area contributed by atoms with Crippen LogP contribution in [-0.4, -0.2) is 39.5 Å². The van der Waals surface area contributed by atoms with Gasteiger partial charge < -0.3 is 14.2 Å². The van der Waals surface area contributed by atoms with Gasteiger partial charge in [-0.05, 0) is 68.5 Å². The quantitative estimate of drug-likeness (QED) is 0.504. The summed E-state index contributed by atoms with van der Waals surface area (Å²) in [5.74, 6) is 1.07. The highest BCUT2D eigenvalue weighted by atomic mass is 32.2. The van der Waals surface area contributed by atoms with Crippen molar-refractivity contribution in [1.29, 1.82) is 0 Å². The van der Waals surface area contributed by atoms with E-state index in [4.69, 9.17) is 14.2 Å². The fraction of sp³-hybridized carbons (Fsp3) is 0.360. The lowest BCUT2D eigenvalue weighted by molar-refractivity contribution is 0.355. The summed E-state index contributed by atoms with van der Waals surface area (Å²) in [7, 11) is 0.359. The molecule has 35 heavy (non-hydrogen) atoms. The normalized spacial score (nSPS) is 13.1. The van der Waals surface area contributed by atoms with E-state index in [1.54, 1.807) is 36.4 Å². The molecule has 10 heteroatoms. The van der Waals surface area contributed by atoms with Crippen LogP contribution in [0.25, 0.3) is 11.3 Å². The number of fused-ring (bicyclic) bond motifs is 1. The molecule has 0 unspecified atom stereocenters. The van der Waals surface area contributed by atoms with Gasteiger partial charge >= 0.3 is 0 Å². The van der Waals surface area contributed by atoms with Crippen molar-refractivity contribution in [3.8, 4) is 28.5 Å².